The molecular formula is C21H24N2O4. The average Bonchev–Trinajstić information content (AvgIpc) is 3.05. The monoisotopic (exact) mass is 368 g/mol. The quantitative estimate of drug-likeness (QED) is 0.816. The number of hydrogen-bond acceptors (Lipinski definition) is 4. The first kappa shape index (κ1) is 18.8. The maximum Gasteiger partial charge on any atom is 0.257 e. The molecule has 1 atom stereocenters. The summed E-state index contributed by atoms with van der Waals surface area (Å²) in [4.78, 5) is 26.0. The van der Waals surface area contributed by atoms with Gasteiger partial charge in [0.25, 0.3) is 5.91 Å². The first-order chi connectivity index (χ1) is 13.0. The van der Waals surface area contributed by atoms with E-state index >= 15 is 0 Å². The highest BCUT2D eigenvalue weighted by atomic mass is 16.5. The van der Waals surface area contributed by atoms with Crippen molar-refractivity contribution in [3.63, 3.8) is 0 Å². The van der Waals surface area contributed by atoms with Crippen molar-refractivity contribution >= 4 is 17.5 Å². The minimum atomic E-state index is -0.188. The van der Waals surface area contributed by atoms with Crippen LogP contribution in [0.5, 0.6) is 11.5 Å². The number of rotatable bonds is 7. The summed E-state index contributed by atoms with van der Waals surface area (Å²) in [5.41, 5.74) is 1.92. The van der Waals surface area contributed by atoms with Crippen LogP contribution in [0.1, 0.15) is 12.0 Å². The van der Waals surface area contributed by atoms with Crippen molar-refractivity contribution in [1.29, 1.82) is 0 Å². The Morgan fingerprint density at radius 2 is 1.96 bits per heavy atom. The molecule has 27 heavy (non-hydrogen) atoms. The molecule has 1 heterocycles. The van der Waals surface area contributed by atoms with Crippen molar-refractivity contribution in [2.24, 2.45) is 5.92 Å². The molecule has 1 aliphatic rings. The predicted molar refractivity (Wildman–Crippen MR) is 103 cm³/mol. The molecule has 0 aliphatic carbocycles. The van der Waals surface area contributed by atoms with Crippen molar-refractivity contribution in [2.75, 3.05) is 31.7 Å². The molecular weight excluding hydrogens is 344 g/mol. The van der Waals surface area contributed by atoms with Gasteiger partial charge in [0, 0.05) is 31.1 Å². The lowest BCUT2D eigenvalue weighted by Gasteiger charge is -2.17. The molecule has 1 unspecified atom stereocenters. The highest BCUT2D eigenvalue weighted by molar-refractivity contribution is 5.95. The van der Waals surface area contributed by atoms with E-state index in [0.29, 0.717) is 25.3 Å². The molecule has 1 aliphatic heterocycles. The van der Waals surface area contributed by atoms with Gasteiger partial charge in [-0.15, -0.1) is 0 Å². The molecule has 1 fully saturated rings. The van der Waals surface area contributed by atoms with E-state index in [1.165, 1.54) is 0 Å². The van der Waals surface area contributed by atoms with Crippen LogP contribution in [0.3, 0.4) is 0 Å². The predicted octanol–water partition coefficient (Wildman–Crippen LogP) is 2.55. The summed E-state index contributed by atoms with van der Waals surface area (Å²) in [5, 5.41) is 2.86. The average molecular weight is 368 g/mol. The van der Waals surface area contributed by atoms with Gasteiger partial charge in [0.2, 0.25) is 5.91 Å². The zero-order valence-electron chi connectivity index (χ0n) is 15.6. The zero-order chi connectivity index (χ0) is 19.2. The Kier molecular flexibility index (Phi) is 5.96. The molecule has 1 saturated heterocycles. The number of amides is 2. The summed E-state index contributed by atoms with van der Waals surface area (Å²) in [6, 6.07) is 15.0. The van der Waals surface area contributed by atoms with E-state index < -0.39 is 0 Å². The van der Waals surface area contributed by atoms with Gasteiger partial charge in [-0.1, -0.05) is 12.1 Å². The van der Waals surface area contributed by atoms with Gasteiger partial charge in [0.1, 0.15) is 11.5 Å². The van der Waals surface area contributed by atoms with Crippen LogP contribution in [-0.4, -0.2) is 38.6 Å². The van der Waals surface area contributed by atoms with Crippen LogP contribution < -0.4 is 19.7 Å². The number of nitrogens with zero attached hydrogens (tertiary/aromatic N) is 1. The van der Waals surface area contributed by atoms with Crippen LogP contribution >= 0.6 is 0 Å². The van der Waals surface area contributed by atoms with E-state index in [-0.39, 0.29) is 24.3 Å². The summed E-state index contributed by atoms with van der Waals surface area (Å²) < 4.78 is 10.6. The molecule has 0 radical (unpaired) electrons. The van der Waals surface area contributed by atoms with E-state index in [1.807, 2.05) is 55.5 Å². The second kappa shape index (κ2) is 8.58. The fraction of sp³-hybridized carbons (Fsp3) is 0.333. The molecule has 0 saturated carbocycles. The topological polar surface area (TPSA) is 67.9 Å². The third-order valence-corrected chi connectivity index (χ3v) is 4.54. The third kappa shape index (κ3) is 5.00. The van der Waals surface area contributed by atoms with Gasteiger partial charge in [-0.3, -0.25) is 9.59 Å². The van der Waals surface area contributed by atoms with Gasteiger partial charge < -0.3 is 19.7 Å². The highest BCUT2D eigenvalue weighted by Gasteiger charge is 2.30. The summed E-state index contributed by atoms with van der Waals surface area (Å²) in [6.45, 7) is 2.98. The molecule has 2 aromatic carbocycles. The molecule has 0 bridgehead atoms. The minimum absolute atomic E-state index is 0.0354. The van der Waals surface area contributed by atoms with Gasteiger partial charge in [-0.05, 0) is 48.9 Å². The van der Waals surface area contributed by atoms with Crippen molar-refractivity contribution in [3.8, 4) is 11.5 Å². The standard InChI is InChI=1S/C21H24N2O4/c1-15-4-3-5-19(10-15)27-14-20(24)22-12-16-11-21(25)23(13-16)17-6-8-18(26-2)9-7-17/h3-10,16H,11-14H2,1-2H3,(H,22,24). The number of benzene rings is 2. The molecule has 6 nitrogen and oxygen atoms in total. The first-order valence-corrected chi connectivity index (χ1v) is 8.96. The number of carbonyl (C=O) groups is 2. The normalized spacial score (nSPS) is 16.3. The van der Waals surface area contributed by atoms with Crippen LogP contribution in [0.4, 0.5) is 5.69 Å². The highest BCUT2D eigenvalue weighted by Crippen LogP contribution is 2.26. The number of ether oxygens (including phenoxy) is 2. The first-order valence-electron chi connectivity index (χ1n) is 8.96. The van der Waals surface area contributed by atoms with E-state index in [9.17, 15) is 9.59 Å². The maximum absolute atomic E-state index is 12.3. The van der Waals surface area contributed by atoms with E-state index in [2.05, 4.69) is 5.32 Å². The third-order valence-electron chi connectivity index (χ3n) is 4.54. The lowest BCUT2D eigenvalue weighted by molar-refractivity contribution is -0.123. The summed E-state index contributed by atoms with van der Waals surface area (Å²) >= 11 is 0. The largest absolute Gasteiger partial charge is 0.497 e. The zero-order valence-corrected chi connectivity index (χ0v) is 15.6. The number of methoxy groups -OCH3 is 1. The molecule has 1 N–H and O–H groups in total. The van der Waals surface area contributed by atoms with Gasteiger partial charge in [-0.25, -0.2) is 0 Å². The summed E-state index contributed by atoms with van der Waals surface area (Å²) in [5.74, 6) is 1.39. The lowest BCUT2D eigenvalue weighted by atomic mass is 10.1. The Labute approximate surface area is 159 Å². The Morgan fingerprint density at radius 3 is 2.67 bits per heavy atom. The molecule has 2 amide bonds. The number of nitrogens with one attached hydrogen (secondary N) is 1. The number of aryl methyl sites for hydroxylation is 1. The van der Waals surface area contributed by atoms with E-state index in [4.69, 9.17) is 9.47 Å². The molecule has 0 aromatic heterocycles. The van der Waals surface area contributed by atoms with Gasteiger partial charge in [0.15, 0.2) is 6.61 Å². The Balaban J connectivity index is 1.45. The van der Waals surface area contributed by atoms with Crippen LogP contribution in [0, 0.1) is 12.8 Å². The Morgan fingerprint density at radius 1 is 1.19 bits per heavy atom. The molecule has 2 aromatic rings. The summed E-state index contributed by atoms with van der Waals surface area (Å²) in [7, 11) is 1.61. The van der Waals surface area contributed by atoms with Gasteiger partial charge in [0.05, 0.1) is 7.11 Å². The SMILES string of the molecule is COc1ccc(N2CC(CNC(=O)COc3cccc(C)c3)CC2=O)cc1. The minimum Gasteiger partial charge on any atom is -0.497 e. The Bertz CT molecular complexity index is 804. The lowest BCUT2D eigenvalue weighted by Crippen LogP contribution is -2.34. The molecule has 6 heteroatoms. The fourth-order valence-corrected chi connectivity index (χ4v) is 3.09. The maximum atomic E-state index is 12.3. The summed E-state index contributed by atoms with van der Waals surface area (Å²) in [6.07, 6.45) is 0.422. The van der Waals surface area contributed by atoms with E-state index in [0.717, 1.165) is 17.0 Å². The van der Waals surface area contributed by atoms with Crippen LogP contribution in [-0.2, 0) is 9.59 Å². The number of hydrogen-bond donors (Lipinski definition) is 1. The Hall–Kier alpha value is -3.02. The van der Waals surface area contributed by atoms with Crippen molar-refractivity contribution < 1.29 is 19.1 Å². The van der Waals surface area contributed by atoms with Crippen LogP contribution in [0.15, 0.2) is 48.5 Å². The van der Waals surface area contributed by atoms with Crippen LogP contribution in [0.25, 0.3) is 0 Å². The number of anilines is 1. The fourth-order valence-electron chi connectivity index (χ4n) is 3.09. The molecule has 0 spiro atoms. The van der Waals surface area contributed by atoms with Crippen molar-refractivity contribution in [3.05, 3.63) is 54.1 Å². The smallest absolute Gasteiger partial charge is 0.257 e. The molecule has 3 rings (SSSR count). The number of carbonyl (C=O) groups excluding carboxylic acids is 2. The van der Waals surface area contributed by atoms with Crippen LogP contribution in [0.2, 0.25) is 0 Å². The second-order valence-corrected chi connectivity index (χ2v) is 6.68. The van der Waals surface area contributed by atoms with Crippen molar-refractivity contribution in [1.82, 2.24) is 5.32 Å². The second-order valence-electron chi connectivity index (χ2n) is 6.68. The van der Waals surface area contributed by atoms with E-state index in [1.54, 1.807) is 12.0 Å². The molecule has 142 valence electrons. The van der Waals surface area contributed by atoms with Crippen molar-refractivity contribution in [2.45, 2.75) is 13.3 Å². The van der Waals surface area contributed by atoms with Gasteiger partial charge in [-0.2, -0.15) is 0 Å². The van der Waals surface area contributed by atoms with Gasteiger partial charge >= 0.3 is 0 Å².